The van der Waals surface area contributed by atoms with Crippen molar-refractivity contribution in [2.24, 2.45) is 0 Å². The number of esters is 1. The quantitative estimate of drug-likeness (QED) is 0.207. The molecular weight excluding hydrogens is 597 g/mol. The second-order valence-electron chi connectivity index (χ2n) is 15.5. The van der Waals surface area contributed by atoms with E-state index in [9.17, 15) is 4.79 Å². The van der Waals surface area contributed by atoms with Crippen LogP contribution in [0.25, 0.3) is 0 Å². The Bertz CT molecular complexity index is 1180. The van der Waals surface area contributed by atoms with E-state index in [-0.39, 0.29) is 10.1 Å². The van der Waals surface area contributed by atoms with Gasteiger partial charge in [-0.15, -0.1) is 0 Å². The average Bonchev–Trinajstić information content (AvgIpc) is 2.92. The smallest absolute Gasteiger partial charge is 0.349 e. The number of hydrogen-bond acceptors (Lipinski definition) is 9. The molecule has 4 rings (SSSR count). The van der Waals surface area contributed by atoms with Gasteiger partial charge in [-0.1, -0.05) is 83.1 Å². The molecule has 3 aliphatic rings. The van der Waals surface area contributed by atoms with Gasteiger partial charge in [-0.3, -0.25) is 0 Å². The lowest BCUT2D eigenvalue weighted by molar-refractivity contribution is -0.246. The monoisotopic (exact) mass is 652 g/mol. The van der Waals surface area contributed by atoms with Gasteiger partial charge in [-0.25, -0.2) is 4.79 Å². The number of benzene rings is 1. The molecule has 0 aliphatic carbocycles. The molecule has 0 aromatic heterocycles. The molecule has 11 heteroatoms. The van der Waals surface area contributed by atoms with Crippen molar-refractivity contribution in [3.8, 4) is 17.2 Å². The van der Waals surface area contributed by atoms with Gasteiger partial charge < -0.3 is 37.0 Å². The van der Waals surface area contributed by atoms with E-state index in [1.165, 1.54) is 7.11 Å². The Morgan fingerprint density at radius 1 is 0.841 bits per heavy atom. The second kappa shape index (κ2) is 12.2. The molecule has 2 fully saturated rings. The number of carbonyl (C=O) groups excluding carboxylic acids is 1. The summed E-state index contributed by atoms with van der Waals surface area (Å²) < 4.78 is 52.2. The van der Waals surface area contributed by atoms with Gasteiger partial charge in [-0.2, -0.15) is 0 Å². The van der Waals surface area contributed by atoms with Gasteiger partial charge in [0.1, 0.15) is 24.4 Å². The fraction of sp³-hybridized carbons (Fsp3) is 0.788. The van der Waals surface area contributed by atoms with Crippen LogP contribution in [-0.2, 0) is 22.8 Å². The van der Waals surface area contributed by atoms with Crippen LogP contribution in [0.15, 0.2) is 6.07 Å². The summed E-state index contributed by atoms with van der Waals surface area (Å²) in [5.41, 5.74) is 1.81. The first-order valence-electron chi connectivity index (χ1n) is 16.0. The molecule has 1 aromatic rings. The molecule has 0 unspecified atom stereocenters. The Balaban J connectivity index is 1.96. The van der Waals surface area contributed by atoms with E-state index in [4.69, 9.17) is 37.0 Å². The van der Waals surface area contributed by atoms with Crippen LogP contribution in [0, 0.1) is 0 Å². The summed E-state index contributed by atoms with van der Waals surface area (Å²) in [6.07, 6.45) is -2.97. The third-order valence-corrected chi connectivity index (χ3v) is 21.2. The Kier molecular flexibility index (Phi) is 9.76. The highest BCUT2D eigenvalue weighted by atomic mass is 28.4. The molecule has 0 saturated carbocycles. The molecule has 0 spiro atoms. The zero-order chi connectivity index (χ0) is 33.2. The largest absolute Gasteiger partial charge is 0.493 e. The van der Waals surface area contributed by atoms with E-state index >= 15 is 0 Å². The van der Waals surface area contributed by atoms with Crippen molar-refractivity contribution in [3.63, 3.8) is 0 Å². The van der Waals surface area contributed by atoms with Crippen LogP contribution in [0.1, 0.15) is 105 Å². The number of carbonyl (C=O) groups is 1. The second-order valence-corrected chi connectivity index (χ2v) is 25.6. The predicted octanol–water partition coefficient (Wildman–Crippen LogP) is 7.71. The maximum Gasteiger partial charge on any atom is 0.349 e. The molecule has 250 valence electrons. The molecule has 9 nitrogen and oxygen atoms in total. The number of ether oxygens (including phenoxy) is 5. The maximum atomic E-state index is 13.9. The van der Waals surface area contributed by atoms with Crippen LogP contribution in [0.2, 0.25) is 26.7 Å². The number of hydrogen-bond donors (Lipinski definition) is 0. The van der Waals surface area contributed by atoms with Gasteiger partial charge in [0.25, 0.3) is 0 Å². The summed E-state index contributed by atoms with van der Waals surface area (Å²) in [7, 11) is -0.800. The normalized spacial score (nSPS) is 27.0. The van der Waals surface area contributed by atoms with Crippen molar-refractivity contribution in [1.29, 1.82) is 0 Å². The van der Waals surface area contributed by atoms with Gasteiger partial charge in [0.15, 0.2) is 17.6 Å². The highest BCUT2D eigenvalue weighted by molar-refractivity contribution is 6.77. The number of rotatable bonds is 8. The third kappa shape index (κ3) is 5.33. The maximum absolute atomic E-state index is 13.9. The molecule has 0 N–H and O–H groups in total. The summed E-state index contributed by atoms with van der Waals surface area (Å²) in [5, 5.41) is -0.494. The lowest BCUT2D eigenvalue weighted by atomic mass is 9.86. The van der Waals surface area contributed by atoms with Gasteiger partial charge in [0.05, 0.1) is 33.5 Å². The highest BCUT2D eigenvalue weighted by Gasteiger charge is 2.67. The van der Waals surface area contributed by atoms with E-state index < -0.39 is 53.4 Å². The zero-order valence-electron chi connectivity index (χ0n) is 29.6. The van der Waals surface area contributed by atoms with Crippen molar-refractivity contribution < 1.29 is 41.8 Å². The van der Waals surface area contributed by atoms with Crippen LogP contribution in [-0.4, -0.2) is 75.2 Å². The van der Waals surface area contributed by atoms with Gasteiger partial charge in [-0.05, 0) is 22.7 Å². The average molecular weight is 653 g/mol. The van der Waals surface area contributed by atoms with E-state index in [2.05, 4.69) is 83.1 Å². The van der Waals surface area contributed by atoms with Crippen LogP contribution in [0.4, 0.5) is 0 Å². The van der Waals surface area contributed by atoms with E-state index in [1.54, 1.807) is 20.3 Å². The van der Waals surface area contributed by atoms with Crippen LogP contribution >= 0.6 is 0 Å². The lowest BCUT2D eigenvalue weighted by Crippen LogP contribution is -2.72. The first kappa shape index (κ1) is 35.2. The highest BCUT2D eigenvalue weighted by Crippen LogP contribution is 2.58. The lowest BCUT2D eigenvalue weighted by Gasteiger charge is -2.60. The number of methoxy groups -OCH3 is 3. The first-order chi connectivity index (χ1) is 20.3. The van der Waals surface area contributed by atoms with Crippen LogP contribution in [0.5, 0.6) is 17.2 Å². The molecular formula is C33H56O9Si2. The molecule has 0 bridgehead atoms. The molecule has 0 radical (unpaired) electrons. The Labute approximate surface area is 266 Å². The summed E-state index contributed by atoms with van der Waals surface area (Å²) in [5.74, 6) is 0.672. The summed E-state index contributed by atoms with van der Waals surface area (Å²) in [4.78, 5) is 13.9. The van der Waals surface area contributed by atoms with Crippen LogP contribution in [0.3, 0.4) is 0 Å². The summed E-state index contributed by atoms with van der Waals surface area (Å²) in [6.45, 7) is 27.1. The predicted molar refractivity (Wildman–Crippen MR) is 175 cm³/mol. The fourth-order valence-corrected chi connectivity index (χ4v) is 19.0. The van der Waals surface area contributed by atoms with E-state index in [0.717, 1.165) is 0 Å². The summed E-state index contributed by atoms with van der Waals surface area (Å²) in [6, 6.07) is 1.64. The van der Waals surface area contributed by atoms with Crippen molar-refractivity contribution in [3.05, 3.63) is 17.2 Å². The first-order valence-corrected chi connectivity index (χ1v) is 20.0. The molecule has 5 atom stereocenters. The molecule has 3 aliphatic heterocycles. The fourth-order valence-electron chi connectivity index (χ4n) is 8.48. The van der Waals surface area contributed by atoms with Crippen molar-refractivity contribution >= 4 is 22.8 Å². The Hall–Kier alpha value is -1.64. The van der Waals surface area contributed by atoms with Gasteiger partial charge in [0.2, 0.25) is 14.1 Å². The SMILES string of the molecule is COc1cc2c(c(OC)c1OC)[C@@H]1O[C@@H]3CO[Si](C(C)(C)C)(C(C)(C)C)O[C@H]3[C@H](O[Si](C(C)C)(C(C)C)C(C)C)[C@H]1OC2=O. The Morgan fingerprint density at radius 3 is 1.84 bits per heavy atom. The third-order valence-electron chi connectivity index (χ3n) is 10.0. The molecule has 1 aromatic carbocycles. The molecule has 44 heavy (non-hydrogen) atoms. The zero-order valence-corrected chi connectivity index (χ0v) is 31.6. The number of fused-ring (bicyclic) bond motifs is 4. The molecule has 2 saturated heterocycles. The van der Waals surface area contributed by atoms with Crippen molar-refractivity contribution in [1.82, 2.24) is 0 Å². The van der Waals surface area contributed by atoms with E-state index in [1.807, 2.05) is 0 Å². The van der Waals surface area contributed by atoms with E-state index in [0.29, 0.717) is 51.6 Å². The minimum absolute atomic E-state index is 0.247. The molecule has 0 amide bonds. The Morgan fingerprint density at radius 2 is 1.39 bits per heavy atom. The van der Waals surface area contributed by atoms with Crippen molar-refractivity contribution in [2.75, 3.05) is 27.9 Å². The van der Waals surface area contributed by atoms with Gasteiger partial charge in [0, 0.05) is 15.6 Å². The van der Waals surface area contributed by atoms with Crippen molar-refractivity contribution in [2.45, 2.75) is 140 Å². The minimum atomic E-state index is -2.93. The standard InChI is InChI=1S/C33H56O9Si2/c1-18(2)43(19(3)4,20(5)6)41-30-26-23(17-38-44(42-26,32(7,8)9)33(10,11)12)39-28-24-21(31(34)40-29(28)30)16-22(35-13)25(36-14)27(24)37-15/h16,18-20,23,26,28-30H,17H2,1-15H3/t23-,26-,28+,29+,30+/m1/s1. The van der Waals surface area contributed by atoms with Crippen LogP contribution < -0.4 is 14.2 Å². The topological polar surface area (TPSA) is 90.9 Å². The summed E-state index contributed by atoms with van der Waals surface area (Å²) >= 11 is 0. The molecule has 3 heterocycles. The van der Waals surface area contributed by atoms with Gasteiger partial charge >= 0.3 is 14.5 Å². The minimum Gasteiger partial charge on any atom is -0.493 e.